The van der Waals surface area contributed by atoms with Gasteiger partial charge in [0, 0.05) is 28.9 Å². The third-order valence-electron chi connectivity index (χ3n) is 4.96. The van der Waals surface area contributed by atoms with E-state index < -0.39 is 0 Å². The number of hydrogen-bond donors (Lipinski definition) is 0. The van der Waals surface area contributed by atoms with E-state index in [4.69, 9.17) is 21.6 Å². The molecule has 7 heteroatoms. The van der Waals surface area contributed by atoms with Crippen LogP contribution in [0.4, 0.5) is 5.95 Å². The van der Waals surface area contributed by atoms with E-state index >= 15 is 0 Å². The van der Waals surface area contributed by atoms with Gasteiger partial charge in [-0.1, -0.05) is 18.3 Å². The largest absolute Gasteiger partial charge is 0.463 e. The molecule has 0 spiro atoms. The fraction of sp³-hybridized carbons (Fsp3) is 0.190. The van der Waals surface area contributed by atoms with Crippen molar-refractivity contribution in [2.45, 2.75) is 25.8 Å². The van der Waals surface area contributed by atoms with Gasteiger partial charge in [0.2, 0.25) is 5.95 Å². The highest BCUT2D eigenvalue weighted by Crippen LogP contribution is 2.35. The maximum Gasteiger partial charge on any atom is 0.231 e. The monoisotopic (exact) mass is 387 g/mol. The van der Waals surface area contributed by atoms with Crippen molar-refractivity contribution in [2.24, 2.45) is 0 Å². The van der Waals surface area contributed by atoms with Crippen molar-refractivity contribution in [1.29, 1.82) is 0 Å². The number of thiocarbonyl (C=S) groups is 1. The highest BCUT2D eigenvalue weighted by molar-refractivity contribution is 7.79. The first-order chi connectivity index (χ1) is 13.7. The van der Waals surface area contributed by atoms with Crippen LogP contribution in [0.25, 0.3) is 33.5 Å². The molecule has 0 N–H and O–H groups in total. The number of aromatic nitrogens is 4. The van der Waals surface area contributed by atoms with Crippen LogP contribution in [0.15, 0.2) is 53.5 Å². The van der Waals surface area contributed by atoms with Gasteiger partial charge in [-0.15, -0.1) is 0 Å². The number of aryl methyl sites for hydroxylation is 1. The van der Waals surface area contributed by atoms with Crippen molar-refractivity contribution >= 4 is 34.6 Å². The third-order valence-corrected chi connectivity index (χ3v) is 5.19. The summed E-state index contributed by atoms with van der Waals surface area (Å²) in [5.74, 6) is 1.30. The molecular weight excluding hydrogens is 370 g/mol. The molecule has 6 nitrogen and oxygen atoms in total. The second-order valence-corrected chi connectivity index (χ2v) is 7.06. The molecule has 0 atom stereocenters. The van der Waals surface area contributed by atoms with E-state index in [9.17, 15) is 0 Å². The maximum absolute atomic E-state index is 5.67. The van der Waals surface area contributed by atoms with Gasteiger partial charge in [0.1, 0.15) is 12.0 Å². The number of benzene rings is 1. The van der Waals surface area contributed by atoms with Crippen LogP contribution in [0.2, 0.25) is 0 Å². The fourth-order valence-electron chi connectivity index (χ4n) is 3.31. The molecule has 3 aromatic heterocycles. The van der Waals surface area contributed by atoms with Gasteiger partial charge >= 0.3 is 0 Å². The van der Waals surface area contributed by atoms with Crippen molar-refractivity contribution in [3.05, 3.63) is 54.8 Å². The third kappa shape index (κ3) is 2.93. The molecule has 138 valence electrons. The van der Waals surface area contributed by atoms with Crippen LogP contribution in [0, 0.1) is 6.92 Å². The summed E-state index contributed by atoms with van der Waals surface area (Å²) >= 11 is 5.19. The first-order valence-corrected chi connectivity index (χ1v) is 9.58. The molecule has 1 saturated carbocycles. The Morgan fingerprint density at radius 2 is 2.07 bits per heavy atom. The predicted molar refractivity (Wildman–Crippen MR) is 112 cm³/mol. The summed E-state index contributed by atoms with van der Waals surface area (Å²) in [7, 11) is 0. The van der Waals surface area contributed by atoms with Crippen molar-refractivity contribution in [3.8, 4) is 22.6 Å². The predicted octanol–water partition coefficient (Wildman–Crippen LogP) is 4.58. The second-order valence-electron chi connectivity index (χ2n) is 6.84. The fourth-order valence-corrected chi connectivity index (χ4v) is 3.58. The average molecular weight is 387 g/mol. The van der Waals surface area contributed by atoms with E-state index in [0.717, 1.165) is 46.3 Å². The zero-order valence-corrected chi connectivity index (χ0v) is 16.1. The first-order valence-electron chi connectivity index (χ1n) is 9.11. The highest BCUT2D eigenvalue weighted by Gasteiger charge is 2.30. The molecule has 4 aromatic rings. The lowest BCUT2D eigenvalue weighted by molar-refractivity contribution is 0.580. The normalized spacial score (nSPS) is 13.6. The van der Waals surface area contributed by atoms with Gasteiger partial charge in [-0.05, 0) is 49.6 Å². The number of rotatable bonds is 5. The van der Waals surface area contributed by atoms with Crippen molar-refractivity contribution in [1.82, 2.24) is 19.9 Å². The number of fused-ring (bicyclic) bond motifs is 1. The second kappa shape index (κ2) is 6.76. The van der Waals surface area contributed by atoms with Crippen molar-refractivity contribution < 1.29 is 4.42 Å². The molecule has 0 bridgehead atoms. The van der Waals surface area contributed by atoms with Gasteiger partial charge in [0.15, 0.2) is 5.76 Å². The van der Waals surface area contributed by atoms with Crippen LogP contribution in [0.5, 0.6) is 0 Å². The Bertz CT molecular complexity index is 1170. The molecule has 0 unspecified atom stereocenters. The van der Waals surface area contributed by atoms with Gasteiger partial charge < -0.3 is 9.32 Å². The molecule has 1 aliphatic rings. The van der Waals surface area contributed by atoms with Crippen molar-refractivity contribution in [3.63, 3.8) is 0 Å². The molecule has 5 rings (SSSR count). The maximum atomic E-state index is 5.67. The summed E-state index contributed by atoms with van der Waals surface area (Å²) in [5.41, 5.74) is 6.10. The van der Waals surface area contributed by atoms with Crippen LogP contribution >= 0.6 is 12.2 Å². The number of hydrogen-bond acceptors (Lipinski definition) is 6. The lowest BCUT2D eigenvalue weighted by Crippen LogP contribution is -2.24. The molecular formula is C21H17N5OS. The molecule has 0 saturated heterocycles. The number of anilines is 1. The summed E-state index contributed by atoms with van der Waals surface area (Å²) in [6, 6.07) is 10.3. The Kier molecular flexibility index (Phi) is 4.09. The van der Waals surface area contributed by atoms with E-state index in [0.29, 0.717) is 17.8 Å². The molecule has 1 aromatic carbocycles. The van der Waals surface area contributed by atoms with E-state index in [-0.39, 0.29) is 0 Å². The molecule has 0 radical (unpaired) electrons. The van der Waals surface area contributed by atoms with Crippen molar-refractivity contribution in [2.75, 3.05) is 4.90 Å². The van der Waals surface area contributed by atoms with E-state index in [2.05, 4.69) is 21.0 Å². The topological polar surface area (TPSA) is 67.9 Å². The van der Waals surface area contributed by atoms with Gasteiger partial charge in [0.05, 0.1) is 17.3 Å². The van der Waals surface area contributed by atoms with Gasteiger partial charge in [-0.3, -0.25) is 0 Å². The Morgan fingerprint density at radius 1 is 1.18 bits per heavy atom. The zero-order chi connectivity index (χ0) is 19.1. The summed E-state index contributed by atoms with van der Waals surface area (Å²) in [6.45, 7) is 1.98. The van der Waals surface area contributed by atoms with E-state index in [1.54, 1.807) is 18.1 Å². The minimum absolute atomic E-state index is 0.397. The average Bonchev–Trinajstić information content (AvgIpc) is 3.40. The van der Waals surface area contributed by atoms with Gasteiger partial charge in [0.25, 0.3) is 0 Å². The zero-order valence-electron chi connectivity index (χ0n) is 15.2. The molecule has 1 fully saturated rings. The van der Waals surface area contributed by atoms with Gasteiger partial charge in [-0.25, -0.2) is 19.9 Å². The van der Waals surface area contributed by atoms with E-state index in [1.807, 2.05) is 42.3 Å². The molecule has 3 heterocycles. The van der Waals surface area contributed by atoms with E-state index in [1.165, 1.54) is 0 Å². The molecule has 1 aliphatic carbocycles. The summed E-state index contributed by atoms with van der Waals surface area (Å²) in [4.78, 5) is 20.0. The van der Waals surface area contributed by atoms with Crippen LogP contribution in [0.3, 0.4) is 0 Å². The van der Waals surface area contributed by atoms with Crippen LogP contribution in [-0.2, 0) is 0 Å². The Balaban J connectivity index is 1.68. The Hall–Kier alpha value is -3.19. The SMILES string of the molecule is Cc1ncnc2ccc(-c3cnc(N(C=S)C4CC4)nc3-c3ccco3)cc12. The lowest BCUT2D eigenvalue weighted by atomic mass is 10.0. The lowest BCUT2D eigenvalue weighted by Gasteiger charge is -2.18. The summed E-state index contributed by atoms with van der Waals surface area (Å²) in [5, 5.41) is 1.01. The Labute approximate surface area is 167 Å². The number of furan rings is 1. The standard InChI is InChI=1S/C21H17N5OS/c1-13-16-9-14(4-7-18(16)24-11-23-13)17-10-22-21(26(12-28)15-5-6-15)25-20(17)19-3-2-8-27-19/h2-4,7-12,15H,5-6H2,1H3. The van der Waals surface area contributed by atoms with Crippen LogP contribution in [-0.4, -0.2) is 31.5 Å². The molecule has 28 heavy (non-hydrogen) atoms. The quantitative estimate of drug-likeness (QED) is 0.464. The van der Waals surface area contributed by atoms with Crippen LogP contribution in [0.1, 0.15) is 18.5 Å². The van der Waals surface area contributed by atoms with Gasteiger partial charge in [-0.2, -0.15) is 0 Å². The molecule has 0 amide bonds. The first kappa shape index (κ1) is 16.9. The van der Waals surface area contributed by atoms with Crippen LogP contribution < -0.4 is 4.90 Å². The summed E-state index contributed by atoms with van der Waals surface area (Å²) in [6.07, 6.45) is 7.30. The minimum Gasteiger partial charge on any atom is -0.463 e. The smallest absolute Gasteiger partial charge is 0.231 e. The minimum atomic E-state index is 0.397. The summed E-state index contributed by atoms with van der Waals surface area (Å²) < 4.78 is 5.67. The highest BCUT2D eigenvalue weighted by atomic mass is 32.1. The molecule has 0 aliphatic heterocycles. The Morgan fingerprint density at radius 3 is 2.82 bits per heavy atom. The number of nitrogens with zero attached hydrogens (tertiary/aromatic N) is 5.